The topological polar surface area (TPSA) is 56.7 Å². The molecule has 2 heterocycles. The number of aromatic carboxylic acids is 1. The molecule has 5 nitrogen and oxygen atoms in total. The number of likely N-dealkylation sites (tertiary alicyclic amines) is 1. The average Bonchev–Trinajstić information content (AvgIpc) is 2.76. The van der Waals surface area contributed by atoms with E-state index in [0.29, 0.717) is 6.04 Å². The minimum Gasteiger partial charge on any atom is -0.477 e. The first-order chi connectivity index (χ1) is 9.06. The van der Waals surface area contributed by atoms with Crippen molar-refractivity contribution in [2.24, 2.45) is 0 Å². The highest BCUT2D eigenvalue weighted by Crippen LogP contribution is 2.20. The van der Waals surface area contributed by atoms with E-state index in [1.54, 1.807) is 12.3 Å². The molecule has 2 rings (SSSR count). The molecule has 0 amide bonds. The van der Waals surface area contributed by atoms with Crippen LogP contribution < -0.4 is 0 Å². The zero-order chi connectivity index (χ0) is 13.8. The normalized spacial score (nSPS) is 20.1. The van der Waals surface area contributed by atoms with Gasteiger partial charge in [0, 0.05) is 25.3 Å². The third kappa shape index (κ3) is 3.75. The Morgan fingerprint density at radius 3 is 3.05 bits per heavy atom. The number of hydrogen-bond donors (Lipinski definition) is 1. The number of likely N-dealkylation sites (N-methyl/N-ethyl adjacent to an activating group) is 1. The first-order valence-electron chi connectivity index (χ1n) is 6.63. The van der Waals surface area contributed by atoms with Gasteiger partial charge in [-0.3, -0.25) is 4.90 Å². The van der Waals surface area contributed by atoms with Gasteiger partial charge in [-0.05, 0) is 51.2 Å². The highest BCUT2D eigenvalue weighted by Gasteiger charge is 2.24. The van der Waals surface area contributed by atoms with Gasteiger partial charge >= 0.3 is 5.97 Å². The Morgan fingerprint density at radius 1 is 1.58 bits per heavy atom. The SMILES string of the molecule is CN(C)CC1CCCN1Cc1ccnc(C(=O)O)c1. The van der Waals surface area contributed by atoms with E-state index in [0.717, 1.165) is 25.2 Å². The van der Waals surface area contributed by atoms with E-state index in [4.69, 9.17) is 5.11 Å². The van der Waals surface area contributed by atoms with Crippen LogP contribution in [0, 0.1) is 0 Å². The van der Waals surface area contributed by atoms with E-state index < -0.39 is 5.97 Å². The lowest BCUT2D eigenvalue weighted by molar-refractivity contribution is 0.0690. The van der Waals surface area contributed by atoms with Crippen LogP contribution in [-0.4, -0.2) is 59.1 Å². The lowest BCUT2D eigenvalue weighted by Crippen LogP contribution is -2.37. The zero-order valence-electron chi connectivity index (χ0n) is 11.5. The smallest absolute Gasteiger partial charge is 0.354 e. The van der Waals surface area contributed by atoms with E-state index >= 15 is 0 Å². The maximum atomic E-state index is 10.9. The molecule has 0 radical (unpaired) electrons. The maximum Gasteiger partial charge on any atom is 0.354 e. The van der Waals surface area contributed by atoms with Gasteiger partial charge < -0.3 is 10.0 Å². The Balaban J connectivity index is 2.03. The molecule has 0 aliphatic carbocycles. The molecule has 0 bridgehead atoms. The fraction of sp³-hybridized carbons (Fsp3) is 0.571. The van der Waals surface area contributed by atoms with Crippen molar-refractivity contribution >= 4 is 5.97 Å². The van der Waals surface area contributed by atoms with Crippen LogP contribution >= 0.6 is 0 Å². The molecule has 19 heavy (non-hydrogen) atoms. The van der Waals surface area contributed by atoms with Crippen LogP contribution in [0.4, 0.5) is 0 Å². The molecule has 104 valence electrons. The number of carbonyl (C=O) groups is 1. The van der Waals surface area contributed by atoms with Crippen LogP contribution in [0.25, 0.3) is 0 Å². The molecule has 5 heteroatoms. The second-order valence-electron chi connectivity index (χ2n) is 5.38. The minimum absolute atomic E-state index is 0.126. The van der Waals surface area contributed by atoms with Gasteiger partial charge in [0.15, 0.2) is 0 Å². The van der Waals surface area contributed by atoms with Crippen molar-refractivity contribution in [2.45, 2.75) is 25.4 Å². The van der Waals surface area contributed by atoms with Crippen molar-refractivity contribution in [2.75, 3.05) is 27.2 Å². The summed E-state index contributed by atoms with van der Waals surface area (Å²) in [6, 6.07) is 4.14. The fourth-order valence-corrected chi connectivity index (χ4v) is 2.66. The minimum atomic E-state index is -0.965. The monoisotopic (exact) mass is 263 g/mol. The predicted molar refractivity (Wildman–Crippen MR) is 73.2 cm³/mol. The molecular formula is C14H21N3O2. The third-order valence-electron chi connectivity index (χ3n) is 3.50. The first-order valence-corrected chi connectivity index (χ1v) is 6.63. The number of rotatable bonds is 5. The quantitative estimate of drug-likeness (QED) is 0.868. The van der Waals surface area contributed by atoms with Crippen LogP contribution in [0.1, 0.15) is 28.9 Å². The summed E-state index contributed by atoms with van der Waals surface area (Å²) in [7, 11) is 4.18. The Bertz CT molecular complexity index is 448. The summed E-state index contributed by atoms with van der Waals surface area (Å²) in [5, 5.41) is 8.96. The van der Waals surface area contributed by atoms with Crippen molar-refractivity contribution in [3.05, 3.63) is 29.6 Å². The molecule has 1 aromatic rings. The highest BCUT2D eigenvalue weighted by atomic mass is 16.4. The molecule has 1 aromatic heterocycles. The predicted octanol–water partition coefficient (Wildman–Crippen LogP) is 1.31. The van der Waals surface area contributed by atoms with E-state index in [1.807, 2.05) is 6.07 Å². The molecule has 1 unspecified atom stereocenters. The molecule has 0 spiro atoms. The molecule has 0 aromatic carbocycles. The van der Waals surface area contributed by atoms with Crippen molar-refractivity contribution < 1.29 is 9.90 Å². The Kier molecular flexibility index (Phi) is 4.50. The van der Waals surface area contributed by atoms with Gasteiger partial charge in [-0.1, -0.05) is 0 Å². The van der Waals surface area contributed by atoms with Crippen molar-refractivity contribution in [3.63, 3.8) is 0 Å². The Hall–Kier alpha value is -1.46. The number of pyridine rings is 1. The van der Waals surface area contributed by atoms with Gasteiger partial charge in [0.25, 0.3) is 0 Å². The lowest BCUT2D eigenvalue weighted by Gasteiger charge is -2.27. The van der Waals surface area contributed by atoms with Crippen LogP contribution in [0.15, 0.2) is 18.3 Å². The van der Waals surface area contributed by atoms with Crippen molar-refractivity contribution in [1.29, 1.82) is 0 Å². The highest BCUT2D eigenvalue weighted by molar-refractivity contribution is 5.85. The standard InChI is InChI=1S/C14H21N3O2/c1-16(2)10-12-4-3-7-17(12)9-11-5-6-15-13(8-11)14(18)19/h5-6,8,12H,3-4,7,9-10H2,1-2H3,(H,18,19). The molecule has 1 N–H and O–H groups in total. The van der Waals surface area contributed by atoms with Gasteiger partial charge in [-0.25, -0.2) is 9.78 Å². The molecule has 1 atom stereocenters. The van der Waals surface area contributed by atoms with Crippen molar-refractivity contribution in [1.82, 2.24) is 14.8 Å². The fourth-order valence-electron chi connectivity index (χ4n) is 2.66. The Labute approximate surface area is 113 Å². The summed E-state index contributed by atoms with van der Waals surface area (Å²) >= 11 is 0. The number of hydrogen-bond acceptors (Lipinski definition) is 4. The summed E-state index contributed by atoms with van der Waals surface area (Å²) < 4.78 is 0. The van der Waals surface area contributed by atoms with E-state index in [2.05, 4.69) is 28.9 Å². The second-order valence-corrected chi connectivity index (χ2v) is 5.38. The van der Waals surface area contributed by atoms with Gasteiger partial charge in [0.1, 0.15) is 5.69 Å². The number of aromatic nitrogens is 1. The second kappa shape index (κ2) is 6.12. The molecule has 1 saturated heterocycles. The summed E-state index contributed by atoms with van der Waals surface area (Å²) in [6.45, 7) is 2.95. The van der Waals surface area contributed by atoms with E-state index in [9.17, 15) is 4.79 Å². The largest absolute Gasteiger partial charge is 0.477 e. The van der Waals surface area contributed by atoms with E-state index in [-0.39, 0.29) is 5.69 Å². The summed E-state index contributed by atoms with van der Waals surface area (Å²) in [4.78, 5) is 19.4. The third-order valence-corrected chi connectivity index (χ3v) is 3.50. The van der Waals surface area contributed by atoms with Gasteiger partial charge in [0.2, 0.25) is 0 Å². The van der Waals surface area contributed by atoms with Crippen LogP contribution in [0.5, 0.6) is 0 Å². The van der Waals surface area contributed by atoms with Crippen LogP contribution in [0.3, 0.4) is 0 Å². The summed E-state index contributed by atoms with van der Waals surface area (Å²) in [5.41, 5.74) is 1.15. The van der Waals surface area contributed by atoms with Crippen LogP contribution in [-0.2, 0) is 6.54 Å². The van der Waals surface area contributed by atoms with Gasteiger partial charge in [0.05, 0.1) is 0 Å². The number of nitrogens with zero attached hydrogens (tertiary/aromatic N) is 3. The van der Waals surface area contributed by atoms with Crippen molar-refractivity contribution in [3.8, 4) is 0 Å². The zero-order valence-corrected chi connectivity index (χ0v) is 11.5. The molecule has 1 aliphatic heterocycles. The summed E-state index contributed by atoms with van der Waals surface area (Å²) in [5.74, 6) is -0.965. The molecule has 1 fully saturated rings. The average molecular weight is 263 g/mol. The van der Waals surface area contributed by atoms with E-state index in [1.165, 1.54) is 12.8 Å². The molecule has 1 aliphatic rings. The maximum absolute atomic E-state index is 10.9. The van der Waals surface area contributed by atoms with Gasteiger partial charge in [-0.2, -0.15) is 0 Å². The summed E-state index contributed by atoms with van der Waals surface area (Å²) in [6.07, 6.45) is 4.01. The first kappa shape index (κ1) is 14.0. The number of carboxylic acid groups (broad SMARTS) is 1. The van der Waals surface area contributed by atoms with Gasteiger partial charge in [-0.15, -0.1) is 0 Å². The molecular weight excluding hydrogens is 242 g/mol. The lowest BCUT2D eigenvalue weighted by atomic mass is 10.1. The number of carboxylic acids is 1. The Morgan fingerprint density at radius 2 is 2.37 bits per heavy atom. The molecule has 0 saturated carbocycles. The van der Waals surface area contributed by atoms with Crippen LogP contribution in [0.2, 0.25) is 0 Å².